The Kier molecular flexibility index (Phi) is 1.91. The molecular formula is C6H13NOS. The van der Waals surface area contributed by atoms with E-state index in [4.69, 9.17) is 0 Å². The molecule has 0 spiro atoms. The molecule has 0 aromatic rings. The molecule has 1 atom stereocenters. The SMILES string of the molecule is CC1(C)CNCC[S@@]1=O. The van der Waals surface area contributed by atoms with E-state index in [1.54, 1.807) is 0 Å². The van der Waals surface area contributed by atoms with E-state index in [1.807, 2.05) is 13.8 Å². The Morgan fingerprint density at radius 1 is 1.56 bits per heavy atom. The van der Waals surface area contributed by atoms with Gasteiger partial charge in [0, 0.05) is 29.6 Å². The van der Waals surface area contributed by atoms with Gasteiger partial charge in [-0.15, -0.1) is 0 Å². The minimum atomic E-state index is -0.613. The van der Waals surface area contributed by atoms with Crippen molar-refractivity contribution in [1.29, 1.82) is 0 Å². The molecule has 2 nitrogen and oxygen atoms in total. The van der Waals surface area contributed by atoms with Crippen molar-refractivity contribution in [2.45, 2.75) is 18.6 Å². The van der Waals surface area contributed by atoms with Crippen molar-refractivity contribution in [1.82, 2.24) is 5.32 Å². The standard InChI is InChI=1S/C6H13NOS/c1-6(2)5-7-3-4-9(6)8/h7H,3-5H2,1-2H3/t9-/m0/s1. The Balaban J connectivity index is 2.60. The summed E-state index contributed by atoms with van der Waals surface area (Å²) >= 11 is 0. The van der Waals surface area contributed by atoms with E-state index < -0.39 is 10.8 Å². The molecule has 54 valence electrons. The number of rotatable bonds is 0. The van der Waals surface area contributed by atoms with Gasteiger partial charge in [0.1, 0.15) is 0 Å². The third-order valence-electron chi connectivity index (χ3n) is 1.63. The second-order valence-corrected chi connectivity index (χ2v) is 5.19. The normalized spacial score (nSPS) is 34.2. The smallest absolute Gasteiger partial charge is 0.0527 e. The zero-order valence-corrected chi connectivity index (χ0v) is 6.75. The number of nitrogens with one attached hydrogen (secondary N) is 1. The van der Waals surface area contributed by atoms with Crippen LogP contribution in [0.4, 0.5) is 0 Å². The average Bonchev–Trinajstić information content (AvgIpc) is 1.77. The van der Waals surface area contributed by atoms with Gasteiger partial charge in [0.2, 0.25) is 0 Å². The Hall–Kier alpha value is 0.110. The van der Waals surface area contributed by atoms with Crippen LogP contribution >= 0.6 is 0 Å². The molecule has 0 aromatic carbocycles. The lowest BCUT2D eigenvalue weighted by Crippen LogP contribution is -2.47. The summed E-state index contributed by atoms with van der Waals surface area (Å²) < 4.78 is 11.2. The lowest BCUT2D eigenvalue weighted by molar-refractivity contribution is 0.549. The molecule has 0 radical (unpaired) electrons. The van der Waals surface area contributed by atoms with Gasteiger partial charge in [0.25, 0.3) is 0 Å². The average molecular weight is 147 g/mol. The largest absolute Gasteiger partial charge is 0.314 e. The number of hydrogen-bond acceptors (Lipinski definition) is 2. The van der Waals surface area contributed by atoms with Crippen molar-refractivity contribution >= 4 is 10.8 Å². The van der Waals surface area contributed by atoms with Crippen LogP contribution in [0, 0.1) is 0 Å². The van der Waals surface area contributed by atoms with Crippen molar-refractivity contribution in [3.8, 4) is 0 Å². The maximum Gasteiger partial charge on any atom is 0.0527 e. The van der Waals surface area contributed by atoms with E-state index in [2.05, 4.69) is 5.32 Å². The molecule has 1 heterocycles. The van der Waals surface area contributed by atoms with Gasteiger partial charge < -0.3 is 5.32 Å². The molecule has 1 aliphatic heterocycles. The predicted molar refractivity (Wildman–Crippen MR) is 40.0 cm³/mol. The summed E-state index contributed by atoms with van der Waals surface area (Å²) in [5.41, 5.74) is 0. The van der Waals surface area contributed by atoms with E-state index in [0.717, 1.165) is 18.8 Å². The van der Waals surface area contributed by atoms with Crippen LogP contribution in [0.25, 0.3) is 0 Å². The molecule has 0 bridgehead atoms. The first-order valence-electron chi connectivity index (χ1n) is 3.22. The Morgan fingerprint density at radius 3 is 2.56 bits per heavy atom. The van der Waals surface area contributed by atoms with Crippen LogP contribution in [0.5, 0.6) is 0 Å². The molecule has 0 aromatic heterocycles. The third kappa shape index (κ3) is 1.52. The summed E-state index contributed by atoms with van der Waals surface area (Å²) in [6, 6.07) is 0. The van der Waals surface area contributed by atoms with Crippen LogP contribution in [0.1, 0.15) is 13.8 Å². The van der Waals surface area contributed by atoms with E-state index in [9.17, 15) is 4.21 Å². The van der Waals surface area contributed by atoms with Gasteiger partial charge in [0.15, 0.2) is 0 Å². The fourth-order valence-electron chi connectivity index (χ4n) is 0.911. The third-order valence-corrected chi connectivity index (χ3v) is 3.58. The summed E-state index contributed by atoms with van der Waals surface area (Å²) in [6.07, 6.45) is 0. The van der Waals surface area contributed by atoms with Crippen molar-refractivity contribution in [3.05, 3.63) is 0 Å². The Labute approximate surface area is 58.5 Å². The molecule has 9 heavy (non-hydrogen) atoms. The molecule has 0 saturated carbocycles. The van der Waals surface area contributed by atoms with Crippen LogP contribution in [0.2, 0.25) is 0 Å². The second kappa shape index (κ2) is 2.39. The van der Waals surface area contributed by atoms with Gasteiger partial charge in [-0.3, -0.25) is 4.21 Å². The molecule has 1 fully saturated rings. The highest BCUT2D eigenvalue weighted by molar-refractivity contribution is 7.86. The van der Waals surface area contributed by atoms with Crippen molar-refractivity contribution in [2.24, 2.45) is 0 Å². The molecule has 0 aliphatic carbocycles. The predicted octanol–water partition coefficient (Wildman–Crippen LogP) is 0.117. The monoisotopic (exact) mass is 147 g/mol. The summed E-state index contributed by atoms with van der Waals surface area (Å²) in [7, 11) is -0.613. The summed E-state index contributed by atoms with van der Waals surface area (Å²) in [5.74, 6) is 0.812. The number of hydrogen-bond donors (Lipinski definition) is 1. The first-order valence-corrected chi connectivity index (χ1v) is 4.54. The van der Waals surface area contributed by atoms with E-state index >= 15 is 0 Å². The fourth-order valence-corrected chi connectivity index (χ4v) is 2.06. The van der Waals surface area contributed by atoms with Crippen LogP contribution in [0.15, 0.2) is 0 Å². The zero-order valence-electron chi connectivity index (χ0n) is 5.94. The van der Waals surface area contributed by atoms with Crippen molar-refractivity contribution < 1.29 is 4.21 Å². The van der Waals surface area contributed by atoms with Crippen LogP contribution in [-0.4, -0.2) is 27.8 Å². The van der Waals surface area contributed by atoms with Gasteiger partial charge in [-0.25, -0.2) is 0 Å². The van der Waals surface area contributed by atoms with Gasteiger partial charge in [0.05, 0.1) is 4.75 Å². The minimum Gasteiger partial charge on any atom is -0.314 e. The molecule has 1 aliphatic rings. The highest BCUT2D eigenvalue weighted by Gasteiger charge is 2.27. The second-order valence-electron chi connectivity index (χ2n) is 2.99. The molecule has 1 saturated heterocycles. The van der Waals surface area contributed by atoms with Crippen molar-refractivity contribution in [3.63, 3.8) is 0 Å². The summed E-state index contributed by atoms with van der Waals surface area (Å²) in [5, 5.41) is 3.21. The van der Waals surface area contributed by atoms with Crippen molar-refractivity contribution in [2.75, 3.05) is 18.8 Å². The molecule has 1 N–H and O–H groups in total. The van der Waals surface area contributed by atoms with E-state index in [0.29, 0.717) is 0 Å². The van der Waals surface area contributed by atoms with Crippen LogP contribution in [0.3, 0.4) is 0 Å². The van der Waals surface area contributed by atoms with Crippen LogP contribution in [-0.2, 0) is 10.8 Å². The van der Waals surface area contributed by atoms with Crippen LogP contribution < -0.4 is 5.32 Å². The molecule has 0 unspecified atom stereocenters. The van der Waals surface area contributed by atoms with E-state index in [1.165, 1.54) is 0 Å². The lowest BCUT2D eigenvalue weighted by Gasteiger charge is -2.28. The highest BCUT2D eigenvalue weighted by atomic mass is 32.2. The molecule has 0 amide bonds. The topological polar surface area (TPSA) is 29.1 Å². The van der Waals surface area contributed by atoms with Gasteiger partial charge >= 0.3 is 0 Å². The van der Waals surface area contributed by atoms with Gasteiger partial charge in [-0.05, 0) is 13.8 Å². The molecular weight excluding hydrogens is 134 g/mol. The van der Waals surface area contributed by atoms with Gasteiger partial charge in [-0.2, -0.15) is 0 Å². The Morgan fingerprint density at radius 2 is 2.22 bits per heavy atom. The lowest BCUT2D eigenvalue weighted by atomic mass is 10.2. The zero-order chi connectivity index (χ0) is 6.91. The molecule has 3 heteroatoms. The minimum absolute atomic E-state index is 0.00174. The summed E-state index contributed by atoms with van der Waals surface area (Å²) in [6.45, 7) is 5.88. The molecule has 1 rings (SSSR count). The first-order chi connectivity index (χ1) is 4.13. The Bertz CT molecular complexity index is 133. The van der Waals surface area contributed by atoms with E-state index in [-0.39, 0.29) is 4.75 Å². The maximum absolute atomic E-state index is 11.2. The quantitative estimate of drug-likeness (QED) is 0.527. The fraction of sp³-hybridized carbons (Fsp3) is 1.00. The summed E-state index contributed by atoms with van der Waals surface area (Å²) in [4.78, 5) is 0. The van der Waals surface area contributed by atoms with Gasteiger partial charge in [-0.1, -0.05) is 0 Å². The first kappa shape index (κ1) is 7.22. The highest BCUT2D eigenvalue weighted by Crippen LogP contribution is 2.13. The maximum atomic E-state index is 11.2.